The highest BCUT2D eigenvalue weighted by Gasteiger charge is 2.41. The zero-order valence-corrected chi connectivity index (χ0v) is 21.4. The minimum atomic E-state index is -4.43. The van der Waals surface area contributed by atoms with E-state index in [2.05, 4.69) is 20.6 Å². The fourth-order valence-electron chi connectivity index (χ4n) is 5.41. The van der Waals surface area contributed by atoms with Crippen LogP contribution in [0.25, 0.3) is 5.65 Å². The van der Waals surface area contributed by atoms with Crippen LogP contribution in [0.5, 0.6) is 0 Å². The van der Waals surface area contributed by atoms with Gasteiger partial charge in [-0.05, 0) is 55.2 Å². The van der Waals surface area contributed by atoms with Gasteiger partial charge >= 0.3 is 6.18 Å². The largest absolute Gasteiger partial charge is 0.389 e. The number of carbonyl (C=O) groups excluding carboxylic acids is 2. The number of nitrogens with two attached hydrogens (primary N) is 1. The summed E-state index contributed by atoms with van der Waals surface area (Å²) in [5.41, 5.74) is 7.39. The number of primary amides is 1. The van der Waals surface area contributed by atoms with Crippen molar-refractivity contribution < 1.29 is 31.5 Å². The smallest absolute Gasteiger partial charge is 0.366 e. The van der Waals surface area contributed by atoms with Crippen molar-refractivity contribution in [2.45, 2.75) is 75.4 Å². The Morgan fingerprint density at radius 1 is 1.15 bits per heavy atom. The van der Waals surface area contributed by atoms with E-state index in [4.69, 9.17) is 10.7 Å². The molecule has 0 aliphatic heterocycles. The maximum atomic E-state index is 14.0. The highest BCUT2D eigenvalue weighted by molar-refractivity contribution is 5.94. The van der Waals surface area contributed by atoms with E-state index in [1.165, 1.54) is 23.0 Å². The molecule has 214 valence electrons. The van der Waals surface area contributed by atoms with E-state index >= 15 is 0 Å². The second-order valence-electron chi connectivity index (χ2n) is 10.6. The molecule has 2 saturated carbocycles. The lowest BCUT2D eigenvalue weighted by molar-refractivity contribution is -0.144. The number of halogens is 5. The molecule has 0 aromatic carbocycles. The lowest BCUT2D eigenvalue weighted by Crippen LogP contribution is -2.30. The second kappa shape index (κ2) is 10.7. The fourth-order valence-corrected chi connectivity index (χ4v) is 5.41. The van der Waals surface area contributed by atoms with Gasteiger partial charge in [-0.25, -0.2) is 18.3 Å². The molecule has 0 spiro atoms. The first-order chi connectivity index (χ1) is 18.9. The molecule has 3 aromatic heterocycles. The third-order valence-electron chi connectivity index (χ3n) is 7.63. The summed E-state index contributed by atoms with van der Waals surface area (Å²) in [4.78, 5) is 29.2. The van der Waals surface area contributed by atoms with Crippen LogP contribution in [-0.4, -0.2) is 48.7 Å². The number of alkyl halides is 5. The van der Waals surface area contributed by atoms with Crippen LogP contribution in [0.4, 0.5) is 22.0 Å². The molecule has 3 heterocycles. The van der Waals surface area contributed by atoms with Gasteiger partial charge in [-0.3, -0.25) is 9.59 Å². The molecular formula is C26H28F5N7O2. The standard InChI is InChI=1S/C26H28F5N7O2/c27-25(28)7-3-14(4-8-25)21(23-17(24(32)40)6-10-33-37-23)18-13-38-19(35-18)11-16(12-34-38)22(15-1-2-15)36-20(39)5-9-26(29,30)31/h6,10-15,21-22H,1-5,7-9H2,(H2,32,40)(H,36,39)/t21-,22+/m0/s1. The molecule has 0 radical (unpaired) electrons. The molecule has 2 atom stereocenters. The second-order valence-corrected chi connectivity index (χ2v) is 10.6. The minimum Gasteiger partial charge on any atom is -0.366 e. The van der Waals surface area contributed by atoms with Crippen LogP contribution in [-0.2, 0) is 4.79 Å². The van der Waals surface area contributed by atoms with E-state index in [1.807, 2.05) is 0 Å². The van der Waals surface area contributed by atoms with Gasteiger partial charge in [0.1, 0.15) is 0 Å². The number of nitrogens with one attached hydrogen (secondary N) is 1. The Morgan fingerprint density at radius 3 is 2.52 bits per heavy atom. The molecule has 2 aliphatic carbocycles. The monoisotopic (exact) mass is 565 g/mol. The first-order valence-corrected chi connectivity index (χ1v) is 13.1. The zero-order valence-electron chi connectivity index (χ0n) is 21.4. The average Bonchev–Trinajstić information content (AvgIpc) is 3.65. The molecule has 40 heavy (non-hydrogen) atoms. The Morgan fingerprint density at radius 2 is 1.88 bits per heavy atom. The van der Waals surface area contributed by atoms with Crippen LogP contribution < -0.4 is 11.1 Å². The number of hydrogen-bond acceptors (Lipinski definition) is 6. The normalized spacial score (nSPS) is 19.3. The van der Waals surface area contributed by atoms with Gasteiger partial charge in [0.2, 0.25) is 11.8 Å². The van der Waals surface area contributed by atoms with E-state index in [0.29, 0.717) is 16.9 Å². The highest BCUT2D eigenvalue weighted by atomic mass is 19.4. The number of nitrogens with zero attached hydrogens (tertiary/aromatic N) is 5. The maximum absolute atomic E-state index is 14.0. The third-order valence-corrected chi connectivity index (χ3v) is 7.63. The first kappa shape index (κ1) is 27.8. The van der Waals surface area contributed by atoms with Gasteiger partial charge in [0.05, 0.1) is 53.9 Å². The average molecular weight is 566 g/mol. The first-order valence-electron chi connectivity index (χ1n) is 13.1. The minimum absolute atomic E-state index is 0.0721. The number of imidazole rings is 1. The predicted octanol–water partition coefficient (Wildman–Crippen LogP) is 4.49. The SMILES string of the molecule is NC(=O)c1ccnnc1[C@H](c1cn2ncc([C@H](NC(=O)CCC(F)(F)F)C3CC3)cc2n1)C1CCC(F)(F)CC1. The van der Waals surface area contributed by atoms with Crippen molar-refractivity contribution in [2.24, 2.45) is 17.6 Å². The predicted molar refractivity (Wildman–Crippen MR) is 131 cm³/mol. The summed E-state index contributed by atoms with van der Waals surface area (Å²) < 4.78 is 67.2. The van der Waals surface area contributed by atoms with Gasteiger partial charge in [-0.1, -0.05) is 0 Å². The van der Waals surface area contributed by atoms with E-state index in [9.17, 15) is 31.5 Å². The summed E-state index contributed by atoms with van der Waals surface area (Å²) in [5.74, 6) is -5.09. The molecular weight excluding hydrogens is 537 g/mol. The Balaban J connectivity index is 1.47. The summed E-state index contributed by atoms with van der Waals surface area (Å²) in [6, 6.07) is 2.61. The van der Waals surface area contributed by atoms with Crippen molar-refractivity contribution >= 4 is 17.5 Å². The summed E-state index contributed by atoms with van der Waals surface area (Å²) in [5, 5.41) is 15.2. The van der Waals surface area contributed by atoms with Crippen molar-refractivity contribution in [3.63, 3.8) is 0 Å². The van der Waals surface area contributed by atoms with Gasteiger partial charge < -0.3 is 11.1 Å². The van der Waals surface area contributed by atoms with E-state index in [0.717, 1.165) is 12.8 Å². The Labute approximate surface area is 225 Å². The van der Waals surface area contributed by atoms with Crippen LogP contribution in [0.1, 0.15) is 90.6 Å². The summed E-state index contributed by atoms with van der Waals surface area (Å²) in [6.45, 7) is 0. The van der Waals surface area contributed by atoms with Crippen molar-refractivity contribution in [3.05, 3.63) is 53.2 Å². The molecule has 2 fully saturated rings. The topological polar surface area (TPSA) is 128 Å². The molecule has 0 unspecified atom stereocenters. The van der Waals surface area contributed by atoms with E-state index in [-0.39, 0.29) is 48.8 Å². The van der Waals surface area contributed by atoms with Crippen LogP contribution >= 0.6 is 0 Å². The molecule has 3 aromatic rings. The Hall–Kier alpha value is -3.71. The number of carbonyl (C=O) groups is 2. The number of hydrogen-bond donors (Lipinski definition) is 2. The summed E-state index contributed by atoms with van der Waals surface area (Å²) in [6.07, 6.45) is -0.476. The van der Waals surface area contributed by atoms with Crippen molar-refractivity contribution in [1.29, 1.82) is 0 Å². The van der Waals surface area contributed by atoms with Crippen LogP contribution in [0.2, 0.25) is 0 Å². The Bertz CT molecular complexity index is 1400. The van der Waals surface area contributed by atoms with E-state index in [1.54, 1.807) is 12.3 Å². The zero-order chi connectivity index (χ0) is 28.7. The third kappa shape index (κ3) is 6.36. The summed E-state index contributed by atoms with van der Waals surface area (Å²) >= 11 is 0. The van der Waals surface area contributed by atoms with Crippen molar-refractivity contribution in [2.75, 3.05) is 0 Å². The molecule has 2 amide bonds. The molecule has 0 saturated heterocycles. The maximum Gasteiger partial charge on any atom is 0.389 e. The van der Waals surface area contributed by atoms with Crippen LogP contribution in [0.3, 0.4) is 0 Å². The van der Waals surface area contributed by atoms with Gasteiger partial charge in [0.15, 0.2) is 5.65 Å². The molecule has 5 rings (SSSR count). The van der Waals surface area contributed by atoms with Gasteiger partial charge in [-0.2, -0.15) is 28.5 Å². The lowest BCUT2D eigenvalue weighted by atomic mass is 9.75. The van der Waals surface area contributed by atoms with Crippen LogP contribution in [0, 0.1) is 11.8 Å². The number of aromatic nitrogens is 5. The highest BCUT2D eigenvalue weighted by Crippen LogP contribution is 2.45. The number of amides is 2. The quantitative estimate of drug-likeness (QED) is 0.368. The van der Waals surface area contributed by atoms with Crippen LogP contribution in [0.15, 0.2) is 30.7 Å². The molecule has 2 aliphatic rings. The van der Waals surface area contributed by atoms with Gasteiger partial charge in [-0.15, -0.1) is 0 Å². The van der Waals surface area contributed by atoms with E-state index < -0.39 is 48.7 Å². The molecule has 14 heteroatoms. The lowest BCUT2D eigenvalue weighted by Gasteiger charge is -2.33. The van der Waals surface area contributed by atoms with Gasteiger partial charge in [0.25, 0.3) is 5.91 Å². The van der Waals surface area contributed by atoms with Crippen molar-refractivity contribution in [1.82, 2.24) is 30.1 Å². The molecule has 3 N–H and O–H groups in total. The molecule has 9 nitrogen and oxygen atoms in total. The Kier molecular flexibility index (Phi) is 7.44. The molecule has 0 bridgehead atoms. The van der Waals surface area contributed by atoms with Crippen molar-refractivity contribution in [3.8, 4) is 0 Å². The fraction of sp³-hybridized carbons (Fsp3) is 0.538. The number of fused-ring (bicyclic) bond motifs is 1. The number of rotatable bonds is 9. The summed E-state index contributed by atoms with van der Waals surface area (Å²) in [7, 11) is 0. The van der Waals surface area contributed by atoms with Gasteiger partial charge in [0, 0.05) is 19.3 Å².